The van der Waals surface area contributed by atoms with Gasteiger partial charge < -0.3 is 15.0 Å². The van der Waals surface area contributed by atoms with Gasteiger partial charge in [0, 0.05) is 19.7 Å². The summed E-state index contributed by atoms with van der Waals surface area (Å²) in [5.41, 5.74) is 0.901. The smallest absolute Gasteiger partial charge is 0.141 e. The molecule has 0 aliphatic heterocycles. The summed E-state index contributed by atoms with van der Waals surface area (Å²) in [5.74, 6) is -0.293. The van der Waals surface area contributed by atoms with E-state index in [2.05, 4.69) is 36.1 Å². The second-order valence-corrected chi connectivity index (χ2v) is 5.48. The van der Waals surface area contributed by atoms with E-state index in [4.69, 9.17) is 4.74 Å². The van der Waals surface area contributed by atoms with Crippen molar-refractivity contribution in [3.8, 4) is 0 Å². The van der Waals surface area contributed by atoms with Gasteiger partial charge in [-0.25, -0.2) is 4.39 Å². The molecular weight excluding hydrogens is 269 g/mol. The van der Waals surface area contributed by atoms with Gasteiger partial charge in [0.2, 0.25) is 0 Å². The van der Waals surface area contributed by atoms with Gasteiger partial charge >= 0.3 is 0 Å². The minimum Gasteiger partial charge on any atom is -0.383 e. The van der Waals surface area contributed by atoms with Crippen LogP contribution in [0.1, 0.15) is 38.4 Å². The fraction of sp³-hybridized carbons (Fsp3) is 0.688. The van der Waals surface area contributed by atoms with Crippen molar-refractivity contribution < 1.29 is 9.13 Å². The van der Waals surface area contributed by atoms with E-state index in [1.54, 1.807) is 13.2 Å². The molecule has 0 fully saturated rings. The van der Waals surface area contributed by atoms with Crippen molar-refractivity contribution in [1.82, 2.24) is 15.2 Å². The normalized spacial score (nSPS) is 14.4. The maximum Gasteiger partial charge on any atom is 0.141 e. The molecule has 1 heterocycles. The summed E-state index contributed by atoms with van der Waals surface area (Å²) in [5, 5.41) is 3.49. The van der Waals surface area contributed by atoms with Crippen LogP contribution in [0.2, 0.25) is 0 Å². The van der Waals surface area contributed by atoms with Gasteiger partial charge in [0.1, 0.15) is 5.82 Å². The molecule has 0 aliphatic rings. The SMILES string of the molecule is CCCNC(CCN(C)C(C)COC)c1ccc(F)cn1. The molecule has 1 rings (SSSR count). The van der Waals surface area contributed by atoms with Crippen molar-refractivity contribution in [2.45, 2.75) is 38.8 Å². The molecule has 2 atom stereocenters. The number of pyridine rings is 1. The summed E-state index contributed by atoms with van der Waals surface area (Å²) in [6.07, 6.45) is 3.28. The molecule has 1 aromatic heterocycles. The van der Waals surface area contributed by atoms with E-state index in [1.165, 1.54) is 12.3 Å². The highest BCUT2D eigenvalue weighted by Crippen LogP contribution is 2.16. The molecule has 120 valence electrons. The standard InChI is InChI=1S/C16H28FN3O/c1-5-9-18-16(15-7-6-14(17)11-19-15)8-10-20(3)13(2)12-21-4/h6-7,11,13,16,18H,5,8-10,12H2,1-4H3. The first-order chi connectivity index (χ1) is 10.1. The van der Waals surface area contributed by atoms with Crippen molar-refractivity contribution in [2.24, 2.45) is 0 Å². The lowest BCUT2D eigenvalue weighted by Crippen LogP contribution is -2.35. The van der Waals surface area contributed by atoms with Crippen LogP contribution >= 0.6 is 0 Å². The molecule has 0 aromatic carbocycles. The molecule has 0 saturated heterocycles. The van der Waals surface area contributed by atoms with Crippen molar-refractivity contribution in [3.63, 3.8) is 0 Å². The van der Waals surface area contributed by atoms with E-state index < -0.39 is 0 Å². The third kappa shape index (κ3) is 6.50. The van der Waals surface area contributed by atoms with E-state index in [0.717, 1.165) is 38.2 Å². The second kappa shape index (κ2) is 9.82. The Morgan fingerprint density at radius 2 is 2.19 bits per heavy atom. The zero-order chi connectivity index (χ0) is 15.7. The fourth-order valence-corrected chi connectivity index (χ4v) is 2.19. The van der Waals surface area contributed by atoms with Gasteiger partial charge in [0.05, 0.1) is 24.5 Å². The maximum atomic E-state index is 13.0. The van der Waals surface area contributed by atoms with Crippen molar-refractivity contribution >= 4 is 0 Å². The molecule has 0 bridgehead atoms. The predicted octanol–water partition coefficient (Wildman–Crippen LogP) is 2.62. The Bertz CT molecular complexity index is 386. The summed E-state index contributed by atoms with van der Waals surface area (Å²) in [7, 11) is 3.82. The van der Waals surface area contributed by atoms with Gasteiger partial charge in [-0.3, -0.25) is 4.98 Å². The molecule has 0 spiro atoms. The minimum absolute atomic E-state index is 0.155. The van der Waals surface area contributed by atoms with Gasteiger partial charge in [-0.1, -0.05) is 6.92 Å². The van der Waals surface area contributed by atoms with Crippen LogP contribution in [0.25, 0.3) is 0 Å². The van der Waals surface area contributed by atoms with Crippen LogP contribution in [0, 0.1) is 5.82 Å². The van der Waals surface area contributed by atoms with Crippen LogP contribution in [0.4, 0.5) is 4.39 Å². The zero-order valence-electron chi connectivity index (χ0n) is 13.6. The predicted molar refractivity (Wildman–Crippen MR) is 83.8 cm³/mol. The van der Waals surface area contributed by atoms with E-state index in [0.29, 0.717) is 6.04 Å². The Labute approximate surface area is 127 Å². The minimum atomic E-state index is -0.293. The van der Waals surface area contributed by atoms with Gasteiger partial charge in [-0.05, 0) is 45.5 Å². The van der Waals surface area contributed by atoms with Crippen LogP contribution in [0.15, 0.2) is 18.3 Å². The monoisotopic (exact) mass is 297 g/mol. The topological polar surface area (TPSA) is 37.4 Å². The average Bonchev–Trinajstić information content (AvgIpc) is 2.48. The molecule has 0 radical (unpaired) electrons. The molecule has 4 nitrogen and oxygen atoms in total. The lowest BCUT2D eigenvalue weighted by atomic mass is 10.1. The van der Waals surface area contributed by atoms with Crippen molar-refractivity contribution in [1.29, 1.82) is 0 Å². The Morgan fingerprint density at radius 3 is 2.76 bits per heavy atom. The van der Waals surface area contributed by atoms with Crippen molar-refractivity contribution in [2.75, 3.05) is 33.9 Å². The van der Waals surface area contributed by atoms with Gasteiger partial charge in [-0.15, -0.1) is 0 Å². The molecule has 21 heavy (non-hydrogen) atoms. The first-order valence-corrected chi connectivity index (χ1v) is 7.62. The van der Waals surface area contributed by atoms with E-state index in [1.807, 2.05) is 0 Å². The van der Waals surface area contributed by atoms with E-state index in [9.17, 15) is 4.39 Å². The lowest BCUT2D eigenvalue weighted by molar-refractivity contribution is 0.113. The third-order valence-corrected chi connectivity index (χ3v) is 3.68. The van der Waals surface area contributed by atoms with Crippen LogP contribution in [0.5, 0.6) is 0 Å². The number of ether oxygens (including phenoxy) is 1. The van der Waals surface area contributed by atoms with Crippen LogP contribution in [-0.4, -0.2) is 49.8 Å². The number of hydrogen-bond acceptors (Lipinski definition) is 4. The molecule has 0 amide bonds. The first kappa shape index (κ1) is 18.0. The highest BCUT2D eigenvalue weighted by atomic mass is 19.1. The number of nitrogens with one attached hydrogen (secondary N) is 1. The summed E-state index contributed by atoms with van der Waals surface area (Å²) in [4.78, 5) is 6.48. The number of aromatic nitrogens is 1. The quantitative estimate of drug-likeness (QED) is 0.720. The maximum absolute atomic E-state index is 13.0. The number of nitrogens with zero attached hydrogens (tertiary/aromatic N) is 2. The Balaban J connectivity index is 2.59. The number of likely N-dealkylation sites (N-methyl/N-ethyl adjacent to an activating group) is 1. The Hall–Kier alpha value is -1.04. The van der Waals surface area contributed by atoms with Gasteiger partial charge in [0.15, 0.2) is 0 Å². The molecule has 1 aromatic rings. The molecular formula is C16H28FN3O. The van der Waals surface area contributed by atoms with Crippen LogP contribution < -0.4 is 5.32 Å². The molecule has 5 heteroatoms. The molecule has 2 unspecified atom stereocenters. The number of methoxy groups -OCH3 is 1. The lowest BCUT2D eigenvalue weighted by Gasteiger charge is -2.26. The third-order valence-electron chi connectivity index (χ3n) is 3.68. The van der Waals surface area contributed by atoms with Gasteiger partial charge in [-0.2, -0.15) is 0 Å². The average molecular weight is 297 g/mol. The van der Waals surface area contributed by atoms with Crippen LogP contribution in [0.3, 0.4) is 0 Å². The molecule has 1 N–H and O–H groups in total. The number of halogens is 1. The Morgan fingerprint density at radius 1 is 1.43 bits per heavy atom. The first-order valence-electron chi connectivity index (χ1n) is 7.62. The fourth-order valence-electron chi connectivity index (χ4n) is 2.19. The molecule has 0 aliphatic carbocycles. The van der Waals surface area contributed by atoms with Crippen molar-refractivity contribution in [3.05, 3.63) is 29.8 Å². The second-order valence-electron chi connectivity index (χ2n) is 5.48. The summed E-state index contributed by atoms with van der Waals surface area (Å²) < 4.78 is 18.2. The van der Waals surface area contributed by atoms with E-state index in [-0.39, 0.29) is 11.9 Å². The van der Waals surface area contributed by atoms with Gasteiger partial charge in [0.25, 0.3) is 0 Å². The largest absolute Gasteiger partial charge is 0.383 e. The number of hydrogen-bond donors (Lipinski definition) is 1. The number of rotatable bonds is 10. The van der Waals surface area contributed by atoms with Crippen LogP contribution in [-0.2, 0) is 4.74 Å². The Kier molecular flexibility index (Phi) is 8.42. The zero-order valence-corrected chi connectivity index (χ0v) is 13.6. The highest BCUT2D eigenvalue weighted by molar-refractivity contribution is 5.10. The summed E-state index contributed by atoms with van der Waals surface area (Å²) in [6.45, 7) is 6.87. The summed E-state index contributed by atoms with van der Waals surface area (Å²) >= 11 is 0. The molecule has 0 saturated carbocycles. The van der Waals surface area contributed by atoms with E-state index >= 15 is 0 Å². The highest BCUT2D eigenvalue weighted by Gasteiger charge is 2.15. The summed E-state index contributed by atoms with van der Waals surface area (Å²) in [6, 6.07) is 3.77.